The van der Waals surface area contributed by atoms with E-state index < -0.39 is 0 Å². The highest BCUT2D eigenvalue weighted by atomic mass is 16.7. The lowest BCUT2D eigenvalue weighted by Gasteiger charge is -2.58. The van der Waals surface area contributed by atoms with Crippen molar-refractivity contribution < 1.29 is 14.3 Å². The molecule has 0 aromatic carbocycles. The van der Waals surface area contributed by atoms with Crippen molar-refractivity contribution in [2.24, 2.45) is 46.3 Å². The predicted molar refractivity (Wildman–Crippen MR) is 128 cm³/mol. The maximum Gasteiger partial charge on any atom is 0.171 e. The second-order valence-electron chi connectivity index (χ2n) is 12.5. The lowest BCUT2D eigenvalue weighted by atomic mass is 9.46. The van der Waals surface area contributed by atoms with Crippen LogP contribution in [-0.4, -0.2) is 24.3 Å². The summed E-state index contributed by atoms with van der Waals surface area (Å²) in [5.74, 6) is 4.24. The smallest absolute Gasteiger partial charge is 0.171 e. The van der Waals surface area contributed by atoms with Gasteiger partial charge in [0.1, 0.15) is 0 Å². The molecule has 10 atom stereocenters. The molecule has 2 heterocycles. The number of ketones is 1. The number of carbonyl (C=O) groups is 1. The molecule has 5 fully saturated rings. The highest BCUT2D eigenvalue weighted by molar-refractivity contribution is 5.91. The van der Waals surface area contributed by atoms with E-state index >= 15 is 0 Å². The van der Waals surface area contributed by atoms with E-state index in [0.29, 0.717) is 35.1 Å². The molecule has 2 aliphatic heterocycles. The number of allylic oxidation sites excluding steroid dienone is 1. The first-order chi connectivity index (χ1) is 15.3. The normalized spacial score (nSPS) is 54.0. The molecule has 0 aromatic heterocycles. The summed E-state index contributed by atoms with van der Waals surface area (Å²) in [6.45, 7) is 14.7. The van der Waals surface area contributed by atoms with Crippen LogP contribution in [0.2, 0.25) is 0 Å². The number of ether oxygens (including phenoxy) is 2. The third kappa shape index (κ3) is 3.09. The molecule has 0 amide bonds. The van der Waals surface area contributed by atoms with Crippen molar-refractivity contribution in [3.63, 3.8) is 0 Å². The summed E-state index contributed by atoms with van der Waals surface area (Å²) in [6.07, 6.45) is 12.9. The zero-order chi connectivity index (χ0) is 22.9. The van der Waals surface area contributed by atoms with Crippen molar-refractivity contribution in [2.75, 3.05) is 6.61 Å². The Morgan fingerprint density at radius 3 is 2.47 bits per heavy atom. The van der Waals surface area contributed by atoms with Gasteiger partial charge in [-0.2, -0.15) is 0 Å². The zero-order valence-corrected chi connectivity index (χ0v) is 21.4. The van der Waals surface area contributed by atoms with Crippen molar-refractivity contribution in [1.29, 1.82) is 0 Å². The largest absolute Gasteiger partial charge is 0.349 e. The van der Waals surface area contributed by atoms with Crippen LogP contribution in [-0.2, 0) is 14.3 Å². The summed E-state index contributed by atoms with van der Waals surface area (Å²) in [6, 6.07) is 0. The van der Waals surface area contributed by atoms with Crippen LogP contribution in [0.15, 0.2) is 11.6 Å². The first-order valence-electron chi connectivity index (χ1n) is 13.8. The average molecular weight is 443 g/mol. The molecule has 180 valence electrons. The molecular weight excluding hydrogens is 396 g/mol. The van der Waals surface area contributed by atoms with Gasteiger partial charge in [-0.25, -0.2) is 0 Å². The van der Waals surface area contributed by atoms with E-state index in [0.717, 1.165) is 50.0 Å². The van der Waals surface area contributed by atoms with Crippen LogP contribution in [0, 0.1) is 46.3 Å². The van der Waals surface area contributed by atoms with Crippen LogP contribution < -0.4 is 0 Å². The summed E-state index contributed by atoms with van der Waals surface area (Å²) in [4.78, 5) is 12.1. The summed E-state index contributed by atoms with van der Waals surface area (Å²) in [5.41, 5.74) is 2.14. The summed E-state index contributed by atoms with van der Waals surface area (Å²) in [5, 5.41) is 0. The van der Waals surface area contributed by atoms with Gasteiger partial charge in [-0.1, -0.05) is 47.1 Å². The highest BCUT2D eigenvalue weighted by Gasteiger charge is 2.68. The highest BCUT2D eigenvalue weighted by Crippen LogP contribution is 2.70. The SMILES string of the molecule is CC.CC1CC[C@@]2(OC1)OC1CC3C4CCC5=CC(=O)CCC5(C)C4CCC3(C)C1C2C. The van der Waals surface area contributed by atoms with Crippen LogP contribution in [0.25, 0.3) is 0 Å². The third-order valence-corrected chi connectivity index (χ3v) is 11.2. The molecule has 0 radical (unpaired) electrons. The van der Waals surface area contributed by atoms with Gasteiger partial charge in [0, 0.05) is 18.8 Å². The Hall–Kier alpha value is -0.670. The molecule has 3 nitrogen and oxygen atoms in total. The Balaban J connectivity index is 0.00000105. The van der Waals surface area contributed by atoms with Crippen LogP contribution in [0.3, 0.4) is 0 Å². The van der Waals surface area contributed by atoms with Crippen molar-refractivity contribution >= 4 is 5.78 Å². The van der Waals surface area contributed by atoms with E-state index in [-0.39, 0.29) is 11.2 Å². The number of carbonyl (C=O) groups excluding carboxylic acids is 1. The topological polar surface area (TPSA) is 35.5 Å². The number of hydrogen-bond donors (Lipinski definition) is 0. The van der Waals surface area contributed by atoms with E-state index in [9.17, 15) is 4.79 Å². The molecule has 6 rings (SSSR count). The lowest BCUT2D eigenvalue weighted by molar-refractivity contribution is -0.272. The van der Waals surface area contributed by atoms with Crippen LogP contribution in [0.4, 0.5) is 0 Å². The van der Waals surface area contributed by atoms with Crippen LogP contribution in [0.5, 0.6) is 0 Å². The molecule has 6 aliphatic rings. The molecule has 0 aromatic rings. The van der Waals surface area contributed by atoms with Gasteiger partial charge in [-0.05, 0) is 91.4 Å². The maximum atomic E-state index is 12.1. The average Bonchev–Trinajstić information content (AvgIpc) is 3.23. The van der Waals surface area contributed by atoms with E-state index in [1.54, 1.807) is 0 Å². The van der Waals surface area contributed by atoms with Gasteiger partial charge in [0.15, 0.2) is 11.6 Å². The maximum absolute atomic E-state index is 12.1. The fourth-order valence-electron chi connectivity index (χ4n) is 9.58. The van der Waals surface area contributed by atoms with Crippen LogP contribution >= 0.6 is 0 Å². The van der Waals surface area contributed by atoms with Crippen molar-refractivity contribution in [2.45, 2.75) is 111 Å². The van der Waals surface area contributed by atoms with Crippen molar-refractivity contribution in [1.82, 2.24) is 0 Å². The molecule has 2 saturated heterocycles. The Kier molecular flexibility index (Phi) is 5.73. The molecule has 1 spiro atoms. The fraction of sp³-hybridized carbons (Fsp3) is 0.897. The molecular formula is C29H46O3. The minimum Gasteiger partial charge on any atom is -0.349 e. The first kappa shape index (κ1) is 23.1. The molecule has 32 heavy (non-hydrogen) atoms. The van der Waals surface area contributed by atoms with Gasteiger partial charge in [0.25, 0.3) is 0 Å². The van der Waals surface area contributed by atoms with Gasteiger partial charge in [0.05, 0.1) is 12.7 Å². The summed E-state index contributed by atoms with van der Waals surface area (Å²) in [7, 11) is 0. The van der Waals surface area contributed by atoms with E-state index in [1.165, 1.54) is 37.7 Å². The number of rotatable bonds is 0. The molecule has 4 aliphatic carbocycles. The monoisotopic (exact) mass is 442 g/mol. The van der Waals surface area contributed by atoms with Gasteiger partial charge in [0.2, 0.25) is 0 Å². The molecule has 3 saturated carbocycles. The fourth-order valence-corrected chi connectivity index (χ4v) is 9.58. The Bertz CT molecular complexity index is 777. The van der Waals surface area contributed by atoms with Crippen LogP contribution in [0.1, 0.15) is 99.3 Å². The third-order valence-electron chi connectivity index (χ3n) is 11.2. The molecule has 3 heteroatoms. The minimum absolute atomic E-state index is 0.270. The van der Waals surface area contributed by atoms with Gasteiger partial charge < -0.3 is 9.47 Å². The summed E-state index contributed by atoms with van der Waals surface area (Å²) >= 11 is 0. The van der Waals surface area contributed by atoms with Crippen molar-refractivity contribution in [3.8, 4) is 0 Å². The zero-order valence-electron chi connectivity index (χ0n) is 21.4. The summed E-state index contributed by atoms with van der Waals surface area (Å²) < 4.78 is 13.3. The molecule has 0 bridgehead atoms. The van der Waals surface area contributed by atoms with Gasteiger partial charge >= 0.3 is 0 Å². The Morgan fingerprint density at radius 2 is 1.75 bits per heavy atom. The second kappa shape index (κ2) is 7.94. The second-order valence-corrected chi connectivity index (χ2v) is 12.5. The first-order valence-corrected chi connectivity index (χ1v) is 13.8. The number of hydrogen-bond acceptors (Lipinski definition) is 3. The quantitative estimate of drug-likeness (QED) is 0.407. The Morgan fingerprint density at radius 1 is 0.969 bits per heavy atom. The van der Waals surface area contributed by atoms with E-state index in [2.05, 4.69) is 27.7 Å². The van der Waals surface area contributed by atoms with Gasteiger partial charge in [-0.15, -0.1) is 0 Å². The predicted octanol–water partition coefficient (Wildman–Crippen LogP) is 6.95. The number of fused-ring (bicyclic) bond motifs is 7. The van der Waals surface area contributed by atoms with E-state index in [1.807, 2.05) is 19.9 Å². The van der Waals surface area contributed by atoms with E-state index in [4.69, 9.17) is 9.47 Å². The van der Waals surface area contributed by atoms with Gasteiger partial charge in [-0.3, -0.25) is 4.79 Å². The van der Waals surface area contributed by atoms with Crippen molar-refractivity contribution in [3.05, 3.63) is 11.6 Å². The standard InChI is InChI=1S/C27H40O3.C2H6/c1-16-7-12-27(29-15-16)17(2)24-23(30-27)14-22-20-6-5-18-13-19(28)8-10-25(18,3)21(20)9-11-26(22,24)4;1-2/h13,16-17,20-24H,5-12,14-15H2,1-4H3;1-2H3/t16?,17?,20?,21?,22?,23?,24?,25?,26?,27-;/m1./s1. The minimum atomic E-state index is -0.301. The lowest BCUT2D eigenvalue weighted by Crippen LogP contribution is -2.52. The Labute approximate surface area is 196 Å². The molecule has 9 unspecified atom stereocenters. The molecule has 0 N–H and O–H groups in total.